The first kappa shape index (κ1) is 20.7. The Bertz CT molecular complexity index is 871. The van der Waals surface area contributed by atoms with Gasteiger partial charge < -0.3 is 14.9 Å². The summed E-state index contributed by atoms with van der Waals surface area (Å²) in [7, 11) is 0. The summed E-state index contributed by atoms with van der Waals surface area (Å²) in [4.78, 5) is 17.9. The fraction of sp³-hybridized carbons (Fsp3) is 0.519. The average Bonchev–Trinajstić information content (AvgIpc) is 2.81. The number of nitrogens with zero attached hydrogens (tertiary/aromatic N) is 2. The monoisotopic (exact) mass is 418 g/mol. The van der Waals surface area contributed by atoms with E-state index in [9.17, 15) is 9.90 Å². The molecule has 5 atom stereocenters. The zero-order valence-corrected chi connectivity index (χ0v) is 18.3. The number of aliphatic hydroxyl groups is 1. The predicted octanol–water partition coefficient (Wildman–Crippen LogP) is 4.05. The lowest BCUT2D eigenvalue weighted by Crippen LogP contribution is -2.65. The fourth-order valence-electron chi connectivity index (χ4n) is 6.32. The third-order valence-corrected chi connectivity index (χ3v) is 7.76. The number of rotatable bonds is 6. The number of carbonyl (C=O) groups is 1. The van der Waals surface area contributed by atoms with E-state index in [1.54, 1.807) is 0 Å². The van der Waals surface area contributed by atoms with Gasteiger partial charge in [0.15, 0.2) is 0 Å². The van der Waals surface area contributed by atoms with Crippen LogP contribution in [0.3, 0.4) is 0 Å². The van der Waals surface area contributed by atoms with Crippen molar-refractivity contribution in [3.8, 4) is 0 Å². The van der Waals surface area contributed by atoms with Gasteiger partial charge in [-0.2, -0.15) is 0 Å². The minimum absolute atomic E-state index is 0.304. The largest absolute Gasteiger partial charge is 0.388 e. The number of likely N-dealkylation sites (tertiary alicyclic amines) is 1. The van der Waals surface area contributed by atoms with E-state index in [0.29, 0.717) is 36.2 Å². The Labute approximate surface area is 185 Å². The van der Waals surface area contributed by atoms with Crippen molar-refractivity contribution in [1.82, 2.24) is 9.80 Å². The van der Waals surface area contributed by atoms with Crippen molar-refractivity contribution in [2.75, 3.05) is 19.6 Å². The van der Waals surface area contributed by atoms with Crippen LogP contribution in [0.15, 0.2) is 60.7 Å². The molecule has 0 spiro atoms. The molecule has 2 aromatic rings. The second-order valence-electron chi connectivity index (χ2n) is 9.75. The molecule has 0 aromatic heterocycles. The highest BCUT2D eigenvalue weighted by molar-refractivity contribution is 5.78. The van der Waals surface area contributed by atoms with Crippen LogP contribution in [-0.4, -0.2) is 52.5 Å². The van der Waals surface area contributed by atoms with Gasteiger partial charge in [-0.1, -0.05) is 60.7 Å². The predicted molar refractivity (Wildman–Crippen MR) is 122 cm³/mol. The summed E-state index contributed by atoms with van der Waals surface area (Å²) in [5.41, 5.74) is 2.34. The third-order valence-electron chi connectivity index (χ3n) is 7.76. The number of aliphatic hydroxyl groups excluding tert-OH is 1. The second-order valence-corrected chi connectivity index (χ2v) is 9.75. The number of amides is 1. The Morgan fingerprint density at radius 1 is 0.968 bits per heavy atom. The van der Waals surface area contributed by atoms with Crippen molar-refractivity contribution in [1.29, 1.82) is 0 Å². The van der Waals surface area contributed by atoms with Crippen molar-refractivity contribution >= 4 is 5.91 Å². The maximum atomic E-state index is 13.0. The van der Waals surface area contributed by atoms with E-state index < -0.39 is 6.10 Å². The summed E-state index contributed by atoms with van der Waals surface area (Å²) < 4.78 is 0. The molecule has 3 aliphatic rings. The summed E-state index contributed by atoms with van der Waals surface area (Å²) in [6.45, 7) is 3.01. The van der Waals surface area contributed by atoms with E-state index in [0.717, 1.165) is 50.9 Å². The van der Waals surface area contributed by atoms with E-state index in [2.05, 4.69) is 40.1 Å². The molecule has 4 nitrogen and oxygen atoms in total. The molecule has 2 aromatic carbocycles. The first-order valence-corrected chi connectivity index (χ1v) is 12.0. The van der Waals surface area contributed by atoms with Crippen molar-refractivity contribution in [2.24, 2.45) is 11.8 Å². The summed E-state index contributed by atoms with van der Waals surface area (Å²) in [6, 6.07) is 21.4. The van der Waals surface area contributed by atoms with Gasteiger partial charge in [0.2, 0.25) is 5.91 Å². The number of hydrogen-bond donors (Lipinski definition) is 1. The molecule has 3 saturated heterocycles. The van der Waals surface area contributed by atoms with E-state index in [1.165, 1.54) is 12.0 Å². The topological polar surface area (TPSA) is 43.8 Å². The van der Waals surface area contributed by atoms with Gasteiger partial charge in [0, 0.05) is 38.1 Å². The number of fused-ring (bicyclic) bond motifs is 4. The van der Waals surface area contributed by atoms with Gasteiger partial charge in [-0.3, -0.25) is 4.79 Å². The van der Waals surface area contributed by atoms with Crippen LogP contribution in [0.1, 0.15) is 49.3 Å². The number of hydrogen-bond acceptors (Lipinski definition) is 3. The lowest BCUT2D eigenvalue weighted by Gasteiger charge is -2.57. The Morgan fingerprint density at radius 3 is 2.45 bits per heavy atom. The minimum Gasteiger partial charge on any atom is -0.388 e. The quantitative estimate of drug-likeness (QED) is 0.770. The number of piperidine rings is 3. The summed E-state index contributed by atoms with van der Waals surface area (Å²) in [6.07, 6.45) is 5.45. The van der Waals surface area contributed by atoms with Crippen LogP contribution in [0.25, 0.3) is 0 Å². The Balaban J connectivity index is 1.31. The zero-order valence-electron chi connectivity index (χ0n) is 18.3. The number of benzene rings is 2. The first-order chi connectivity index (χ1) is 15.2. The summed E-state index contributed by atoms with van der Waals surface area (Å²) >= 11 is 0. The Hall–Kier alpha value is -2.17. The van der Waals surface area contributed by atoms with E-state index in [1.807, 2.05) is 30.3 Å². The molecule has 5 rings (SSSR count). The average molecular weight is 419 g/mol. The number of carbonyl (C=O) groups excluding carboxylic acids is 1. The van der Waals surface area contributed by atoms with Crippen molar-refractivity contribution in [3.05, 3.63) is 71.8 Å². The Kier molecular flexibility index (Phi) is 6.10. The molecule has 0 unspecified atom stereocenters. The van der Waals surface area contributed by atoms with E-state index in [4.69, 9.17) is 0 Å². The highest BCUT2D eigenvalue weighted by Crippen LogP contribution is 2.42. The molecule has 3 fully saturated rings. The van der Waals surface area contributed by atoms with E-state index in [-0.39, 0.29) is 0 Å². The van der Waals surface area contributed by atoms with Gasteiger partial charge >= 0.3 is 0 Å². The first-order valence-electron chi connectivity index (χ1n) is 12.0. The summed E-state index contributed by atoms with van der Waals surface area (Å²) in [5.74, 6) is 1.47. The van der Waals surface area contributed by atoms with Gasteiger partial charge in [0.1, 0.15) is 0 Å². The minimum atomic E-state index is -0.407. The highest BCUT2D eigenvalue weighted by atomic mass is 16.3. The third kappa shape index (κ3) is 4.42. The Morgan fingerprint density at radius 2 is 1.68 bits per heavy atom. The molecule has 164 valence electrons. The van der Waals surface area contributed by atoms with Gasteiger partial charge in [0.25, 0.3) is 0 Å². The molecule has 0 aliphatic carbocycles. The molecule has 3 heterocycles. The maximum absolute atomic E-state index is 13.0. The molecule has 1 N–H and O–H groups in total. The lowest BCUT2D eigenvalue weighted by atomic mass is 9.70. The zero-order chi connectivity index (χ0) is 21.2. The maximum Gasteiger partial charge on any atom is 0.223 e. The van der Waals surface area contributed by atoms with Crippen molar-refractivity contribution < 1.29 is 9.90 Å². The molecule has 0 saturated carbocycles. The van der Waals surface area contributed by atoms with Crippen LogP contribution in [0.5, 0.6) is 0 Å². The molecule has 1 amide bonds. The molecule has 0 radical (unpaired) electrons. The molecule has 2 bridgehead atoms. The van der Waals surface area contributed by atoms with Crippen molar-refractivity contribution in [2.45, 2.75) is 56.7 Å². The normalized spacial score (nSPS) is 29.5. The SMILES string of the molecule is O=C1CCC[C@H]2[C@@H]3C[C@@H](CN(CC[C@@H](O)c4ccccc4)C3)[C@H](Cc3ccccc3)N12. The van der Waals surface area contributed by atoms with Crippen LogP contribution >= 0.6 is 0 Å². The van der Waals surface area contributed by atoms with Crippen LogP contribution in [0.2, 0.25) is 0 Å². The fourth-order valence-corrected chi connectivity index (χ4v) is 6.32. The van der Waals surface area contributed by atoms with Crippen LogP contribution < -0.4 is 0 Å². The van der Waals surface area contributed by atoms with Gasteiger partial charge in [0.05, 0.1) is 6.10 Å². The van der Waals surface area contributed by atoms with Crippen molar-refractivity contribution in [3.63, 3.8) is 0 Å². The smallest absolute Gasteiger partial charge is 0.223 e. The van der Waals surface area contributed by atoms with Gasteiger partial charge in [-0.15, -0.1) is 0 Å². The molecule has 3 aliphatic heterocycles. The van der Waals surface area contributed by atoms with Crippen LogP contribution in [-0.2, 0) is 11.2 Å². The second kappa shape index (κ2) is 9.13. The van der Waals surface area contributed by atoms with Gasteiger partial charge in [-0.25, -0.2) is 0 Å². The summed E-state index contributed by atoms with van der Waals surface area (Å²) in [5, 5.41) is 10.6. The molecule has 4 heteroatoms. The van der Waals surface area contributed by atoms with Crippen LogP contribution in [0, 0.1) is 11.8 Å². The standard InChI is InChI=1S/C27H34N2O2/c30-26(21-10-5-2-6-11-21)14-15-28-18-22-17-23(19-28)25(16-20-8-3-1-4-9-20)29-24(22)12-7-13-27(29)31/h1-6,8-11,22-26,30H,7,12-19H2/t22-,23+,24+,25+,26-/m1/s1. The molecular weight excluding hydrogens is 384 g/mol. The molecular formula is C27H34N2O2. The highest BCUT2D eigenvalue weighted by Gasteiger charge is 2.49. The lowest BCUT2D eigenvalue weighted by molar-refractivity contribution is -0.152. The van der Waals surface area contributed by atoms with E-state index >= 15 is 0 Å². The van der Waals surface area contributed by atoms with Crippen LogP contribution in [0.4, 0.5) is 0 Å². The van der Waals surface area contributed by atoms with Gasteiger partial charge in [-0.05, 0) is 55.1 Å². The molecule has 31 heavy (non-hydrogen) atoms.